The number of hydrogen-bond acceptors (Lipinski definition) is 2. The number of anilines is 1. The van der Waals surface area contributed by atoms with Crippen LogP contribution in [-0.4, -0.2) is 17.2 Å². The molecule has 16 heavy (non-hydrogen) atoms. The van der Waals surface area contributed by atoms with Crippen molar-refractivity contribution in [3.8, 4) is 0 Å². The number of thiocarbonyl (C=S) groups is 1. The molecule has 2 nitrogen and oxygen atoms in total. The van der Waals surface area contributed by atoms with Crippen molar-refractivity contribution in [1.82, 2.24) is 0 Å². The molecule has 0 aliphatic carbocycles. The van der Waals surface area contributed by atoms with Crippen molar-refractivity contribution in [2.75, 3.05) is 11.9 Å². The molecule has 0 amide bonds. The van der Waals surface area contributed by atoms with Crippen LogP contribution in [0.3, 0.4) is 0 Å². The number of nitrogens with one attached hydrogen (secondary N) is 1. The maximum Gasteiger partial charge on any atom is 0.101 e. The number of fused-ring (bicyclic) bond motifs is 1. The summed E-state index contributed by atoms with van der Waals surface area (Å²) in [7, 11) is 0. The van der Waals surface area contributed by atoms with Gasteiger partial charge in [-0.3, -0.25) is 4.99 Å². The summed E-state index contributed by atoms with van der Waals surface area (Å²) in [5, 5.41) is 3.93. The Morgan fingerprint density at radius 2 is 2.31 bits per heavy atom. The smallest absolute Gasteiger partial charge is 0.101 e. The average molecular weight is 253 g/mol. The third kappa shape index (κ3) is 2.42. The largest absolute Gasteiger partial charge is 0.348 e. The fourth-order valence-electron chi connectivity index (χ4n) is 1.76. The minimum Gasteiger partial charge on any atom is -0.348 e. The monoisotopic (exact) mass is 252 g/mol. The lowest BCUT2D eigenvalue weighted by molar-refractivity contribution is 0.987. The standard InChI is InChI=1S/C12H13ClN2S/c1-2-3-10-9-6-8(13)4-5-11(9)15-12(16)7-14-10/h4-6H,2-3,7H2,1H3,(H,15,16). The molecular weight excluding hydrogens is 240 g/mol. The van der Waals surface area contributed by atoms with Gasteiger partial charge in [0, 0.05) is 22.0 Å². The van der Waals surface area contributed by atoms with Gasteiger partial charge in [-0.2, -0.15) is 0 Å². The number of benzodiazepines with no additional fused rings is 1. The van der Waals surface area contributed by atoms with Gasteiger partial charge < -0.3 is 5.32 Å². The van der Waals surface area contributed by atoms with Gasteiger partial charge in [0.25, 0.3) is 0 Å². The van der Waals surface area contributed by atoms with Crippen molar-refractivity contribution in [1.29, 1.82) is 0 Å². The molecular formula is C12H13ClN2S. The van der Waals surface area contributed by atoms with Gasteiger partial charge >= 0.3 is 0 Å². The Bertz CT molecular complexity index is 454. The molecule has 0 atom stereocenters. The van der Waals surface area contributed by atoms with Crippen molar-refractivity contribution < 1.29 is 0 Å². The van der Waals surface area contributed by atoms with Gasteiger partial charge in [0.2, 0.25) is 0 Å². The Morgan fingerprint density at radius 3 is 3.06 bits per heavy atom. The van der Waals surface area contributed by atoms with E-state index in [4.69, 9.17) is 23.8 Å². The van der Waals surface area contributed by atoms with Gasteiger partial charge in [-0.25, -0.2) is 0 Å². The first-order valence-corrected chi connectivity index (χ1v) is 6.12. The van der Waals surface area contributed by atoms with Gasteiger partial charge in [-0.1, -0.05) is 37.2 Å². The van der Waals surface area contributed by atoms with Crippen molar-refractivity contribution in [2.45, 2.75) is 19.8 Å². The molecule has 0 spiro atoms. The van der Waals surface area contributed by atoms with E-state index in [-0.39, 0.29) is 0 Å². The Balaban J connectivity index is 2.48. The molecule has 2 rings (SSSR count). The second-order valence-corrected chi connectivity index (χ2v) is 4.68. The summed E-state index contributed by atoms with van der Waals surface area (Å²) < 4.78 is 0. The Hall–Kier alpha value is -0.930. The minimum absolute atomic E-state index is 0.566. The first kappa shape index (κ1) is 11.6. The third-order valence-electron chi connectivity index (χ3n) is 2.47. The lowest BCUT2D eigenvalue weighted by Crippen LogP contribution is -2.10. The van der Waals surface area contributed by atoms with Crippen LogP contribution < -0.4 is 5.32 Å². The molecule has 0 saturated heterocycles. The number of benzene rings is 1. The van der Waals surface area contributed by atoms with E-state index in [9.17, 15) is 0 Å². The summed E-state index contributed by atoms with van der Waals surface area (Å²) >= 11 is 11.2. The van der Waals surface area contributed by atoms with E-state index in [0.29, 0.717) is 6.54 Å². The van der Waals surface area contributed by atoms with Crippen LogP contribution in [0, 0.1) is 0 Å². The molecule has 0 saturated carbocycles. The van der Waals surface area contributed by atoms with E-state index < -0.39 is 0 Å². The highest BCUT2D eigenvalue weighted by atomic mass is 35.5. The van der Waals surface area contributed by atoms with Crippen LogP contribution in [0.2, 0.25) is 5.02 Å². The van der Waals surface area contributed by atoms with E-state index >= 15 is 0 Å². The quantitative estimate of drug-likeness (QED) is 0.812. The molecule has 0 fully saturated rings. The van der Waals surface area contributed by atoms with Crippen molar-refractivity contribution in [3.63, 3.8) is 0 Å². The van der Waals surface area contributed by atoms with E-state index in [2.05, 4.69) is 17.2 Å². The first-order valence-electron chi connectivity index (χ1n) is 5.34. The van der Waals surface area contributed by atoms with Crippen LogP contribution in [0.5, 0.6) is 0 Å². The molecule has 1 aliphatic heterocycles. The van der Waals surface area contributed by atoms with Gasteiger partial charge in [0.1, 0.15) is 4.99 Å². The number of hydrogen-bond donors (Lipinski definition) is 1. The number of halogens is 1. The second-order valence-electron chi connectivity index (χ2n) is 3.75. The van der Waals surface area contributed by atoms with Gasteiger partial charge in [0.05, 0.1) is 6.54 Å². The highest BCUT2D eigenvalue weighted by molar-refractivity contribution is 7.80. The fraction of sp³-hybridized carbons (Fsp3) is 0.333. The van der Waals surface area contributed by atoms with E-state index in [0.717, 1.165) is 39.8 Å². The molecule has 1 N–H and O–H groups in total. The zero-order chi connectivity index (χ0) is 11.5. The molecule has 0 unspecified atom stereocenters. The summed E-state index contributed by atoms with van der Waals surface area (Å²) in [6, 6.07) is 5.78. The maximum absolute atomic E-state index is 6.02. The molecule has 0 bridgehead atoms. The van der Waals surface area contributed by atoms with Crippen LogP contribution in [-0.2, 0) is 0 Å². The minimum atomic E-state index is 0.566. The summed E-state index contributed by atoms with van der Waals surface area (Å²) in [6.45, 7) is 2.71. The van der Waals surface area contributed by atoms with Gasteiger partial charge in [-0.05, 0) is 24.6 Å². The fourth-order valence-corrected chi connectivity index (χ4v) is 2.10. The van der Waals surface area contributed by atoms with Crippen molar-refractivity contribution in [3.05, 3.63) is 28.8 Å². The molecule has 1 aromatic carbocycles. The Kier molecular flexibility index (Phi) is 3.56. The van der Waals surface area contributed by atoms with Crippen molar-refractivity contribution >= 4 is 40.2 Å². The summed E-state index contributed by atoms with van der Waals surface area (Å²) in [5.41, 5.74) is 3.18. The predicted octanol–water partition coefficient (Wildman–Crippen LogP) is 3.68. The molecule has 1 aromatic rings. The molecule has 1 heterocycles. The normalized spacial score (nSPS) is 14.9. The summed E-state index contributed by atoms with van der Waals surface area (Å²) in [4.78, 5) is 5.29. The zero-order valence-corrected chi connectivity index (χ0v) is 10.7. The first-order chi connectivity index (χ1) is 7.70. The average Bonchev–Trinajstić information content (AvgIpc) is 2.40. The molecule has 84 valence electrons. The van der Waals surface area contributed by atoms with Gasteiger partial charge in [-0.15, -0.1) is 0 Å². The Labute approximate surface area is 106 Å². The highest BCUT2D eigenvalue weighted by Crippen LogP contribution is 2.24. The predicted molar refractivity (Wildman–Crippen MR) is 74.0 cm³/mol. The van der Waals surface area contributed by atoms with E-state index in [1.54, 1.807) is 0 Å². The zero-order valence-electron chi connectivity index (χ0n) is 9.09. The molecule has 4 heteroatoms. The van der Waals surface area contributed by atoms with E-state index in [1.807, 2.05) is 18.2 Å². The maximum atomic E-state index is 6.02. The Morgan fingerprint density at radius 1 is 1.50 bits per heavy atom. The number of rotatable bonds is 2. The van der Waals surface area contributed by atoms with Crippen LogP contribution in [0.1, 0.15) is 25.3 Å². The summed E-state index contributed by atoms with van der Waals surface area (Å²) in [6.07, 6.45) is 2.02. The second kappa shape index (κ2) is 4.93. The van der Waals surface area contributed by atoms with Crippen LogP contribution >= 0.6 is 23.8 Å². The SMILES string of the molecule is CCCC1=NCC(=S)Nc2ccc(Cl)cc21. The van der Waals surface area contributed by atoms with E-state index in [1.165, 1.54) is 0 Å². The third-order valence-corrected chi connectivity index (χ3v) is 2.93. The number of aliphatic imine (C=N–C) groups is 1. The lowest BCUT2D eigenvalue weighted by Gasteiger charge is -2.09. The summed E-state index contributed by atoms with van der Waals surface area (Å²) in [5.74, 6) is 0. The molecule has 0 aromatic heterocycles. The lowest BCUT2D eigenvalue weighted by atomic mass is 10.0. The molecule has 1 aliphatic rings. The van der Waals surface area contributed by atoms with Crippen molar-refractivity contribution in [2.24, 2.45) is 4.99 Å². The van der Waals surface area contributed by atoms with Gasteiger partial charge in [0.15, 0.2) is 0 Å². The topological polar surface area (TPSA) is 24.4 Å². The van der Waals surface area contributed by atoms with Crippen LogP contribution in [0.4, 0.5) is 5.69 Å². The number of nitrogens with zero attached hydrogens (tertiary/aromatic N) is 1. The molecule has 0 radical (unpaired) electrons. The van der Waals surface area contributed by atoms with Crippen LogP contribution in [0.25, 0.3) is 0 Å². The highest BCUT2D eigenvalue weighted by Gasteiger charge is 2.14. The van der Waals surface area contributed by atoms with Crippen LogP contribution in [0.15, 0.2) is 23.2 Å².